The van der Waals surface area contributed by atoms with E-state index in [-0.39, 0.29) is 0 Å². The average molecular weight is 253 g/mol. The Balaban J connectivity index is 2.57. The number of hydrogen-bond acceptors (Lipinski definition) is 1. The van der Waals surface area contributed by atoms with Gasteiger partial charge in [0.15, 0.2) is 0 Å². The van der Waals surface area contributed by atoms with Crippen LogP contribution in [0.4, 0.5) is 0 Å². The van der Waals surface area contributed by atoms with Crippen molar-refractivity contribution in [1.82, 2.24) is 5.32 Å². The van der Waals surface area contributed by atoms with Crippen LogP contribution < -0.4 is 5.32 Å². The Hall–Kier alpha value is -0.0400. The van der Waals surface area contributed by atoms with Gasteiger partial charge < -0.3 is 5.32 Å². The van der Waals surface area contributed by atoms with E-state index in [1.807, 2.05) is 0 Å². The van der Waals surface area contributed by atoms with Gasteiger partial charge >= 0.3 is 0 Å². The van der Waals surface area contributed by atoms with Crippen molar-refractivity contribution >= 4 is 0 Å². The van der Waals surface area contributed by atoms with Crippen LogP contribution in [0.15, 0.2) is 0 Å². The second-order valence-electron chi connectivity index (χ2n) is 7.83. The minimum atomic E-state index is 0.500. The molecule has 1 nitrogen and oxygen atoms in total. The van der Waals surface area contributed by atoms with E-state index in [9.17, 15) is 0 Å². The summed E-state index contributed by atoms with van der Waals surface area (Å²) >= 11 is 0. The van der Waals surface area contributed by atoms with Crippen LogP contribution >= 0.6 is 0 Å². The molecule has 0 aromatic carbocycles. The monoisotopic (exact) mass is 253 g/mol. The first-order chi connectivity index (χ1) is 8.32. The standard InChI is InChI=1S/C17H35N/c1-7-12-18-13-17(14(2)3)10-8-15(9-11-17)16(4,5)6/h14-15,18H,7-13H2,1-6H3. The van der Waals surface area contributed by atoms with Gasteiger partial charge in [0.25, 0.3) is 0 Å². The third-order valence-corrected chi connectivity index (χ3v) is 5.33. The number of rotatable bonds is 5. The second-order valence-corrected chi connectivity index (χ2v) is 7.83. The number of nitrogens with one attached hydrogen (secondary N) is 1. The van der Waals surface area contributed by atoms with Crippen molar-refractivity contribution in [3.63, 3.8) is 0 Å². The predicted molar refractivity (Wildman–Crippen MR) is 81.8 cm³/mol. The maximum Gasteiger partial charge on any atom is 0.00103 e. The lowest BCUT2D eigenvalue weighted by Crippen LogP contribution is -2.43. The van der Waals surface area contributed by atoms with Gasteiger partial charge in [-0.15, -0.1) is 0 Å². The highest BCUT2D eigenvalue weighted by atomic mass is 14.9. The first kappa shape index (κ1) is 16.0. The van der Waals surface area contributed by atoms with E-state index >= 15 is 0 Å². The van der Waals surface area contributed by atoms with Gasteiger partial charge in [0.2, 0.25) is 0 Å². The van der Waals surface area contributed by atoms with Crippen molar-refractivity contribution in [2.45, 2.75) is 73.6 Å². The van der Waals surface area contributed by atoms with Gasteiger partial charge in [0.1, 0.15) is 0 Å². The molecular formula is C17H35N. The molecule has 1 aliphatic carbocycles. The van der Waals surface area contributed by atoms with Crippen LogP contribution in [0.3, 0.4) is 0 Å². The molecule has 0 amide bonds. The molecule has 1 N–H and O–H groups in total. The van der Waals surface area contributed by atoms with Crippen molar-refractivity contribution in [3.05, 3.63) is 0 Å². The van der Waals surface area contributed by atoms with Gasteiger partial charge in [0.05, 0.1) is 0 Å². The summed E-state index contributed by atoms with van der Waals surface area (Å²) in [5.74, 6) is 1.73. The van der Waals surface area contributed by atoms with Gasteiger partial charge in [-0.05, 0) is 61.3 Å². The Morgan fingerprint density at radius 3 is 2.11 bits per heavy atom. The molecule has 1 saturated carbocycles. The summed E-state index contributed by atoms with van der Waals surface area (Å²) < 4.78 is 0. The van der Waals surface area contributed by atoms with Gasteiger partial charge in [-0.1, -0.05) is 41.5 Å². The minimum Gasteiger partial charge on any atom is -0.316 e. The molecule has 1 rings (SSSR count). The zero-order valence-corrected chi connectivity index (χ0v) is 13.6. The molecule has 0 unspecified atom stereocenters. The molecule has 18 heavy (non-hydrogen) atoms. The molecule has 0 saturated heterocycles. The summed E-state index contributed by atoms with van der Waals surface area (Å²) in [6.45, 7) is 16.7. The molecule has 1 heteroatoms. The third-order valence-electron chi connectivity index (χ3n) is 5.33. The summed E-state index contributed by atoms with van der Waals surface area (Å²) in [5, 5.41) is 3.68. The lowest BCUT2D eigenvalue weighted by atomic mass is 9.60. The molecule has 0 spiro atoms. The van der Waals surface area contributed by atoms with Gasteiger partial charge in [-0.25, -0.2) is 0 Å². The van der Waals surface area contributed by atoms with Crippen LogP contribution in [0.1, 0.15) is 73.6 Å². The third kappa shape index (κ3) is 3.98. The Bertz CT molecular complexity index is 228. The molecule has 1 aliphatic rings. The lowest BCUT2D eigenvalue weighted by molar-refractivity contribution is 0.0514. The molecular weight excluding hydrogens is 218 g/mol. The molecule has 0 bridgehead atoms. The molecule has 0 radical (unpaired) electrons. The Morgan fingerprint density at radius 1 is 1.17 bits per heavy atom. The fourth-order valence-corrected chi connectivity index (χ4v) is 3.53. The predicted octanol–water partition coefficient (Wildman–Crippen LogP) is 4.86. The smallest absolute Gasteiger partial charge is 0.00103 e. The van der Waals surface area contributed by atoms with Crippen LogP contribution in [-0.4, -0.2) is 13.1 Å². The first-order valence-corrected chi connectivity index (χ1v) is 8.02. The lowest BCUT2D eigenvalue weighted by Gasteiger charge is -2.46. The SMILES string of the molecule is CCCNCC1(C(C)C)CCC(C(C)(C)C)CC1. The molecule has 108 valence electrons. The van der Waals surface area contributed by atoms with Crippen molar-refractivity contribution in [1.29, 1.82) is 0 Å². The average Bonchev–Trinajstić information content (AvgIpc) is 2.28. The quantitative estimate of drug-likeness (QED) is 0.690. The van der Waals surface area contributed by atoms with E-state index in [0.29, 0.717) is 10.8 Å². The summed E-state index contributed by atoms with van der Waals surface area (Å²) in [7, 11) is 0. The van der Waals surface area contributed by atoms with E-state index in [1.54, 1.807) is 0 Å². The van der Waals surface area contributed by atoms with E-state index in [4.69, 9.17) is 0 Å². The van der Waals surface area contributed by atoms with Crippen LogP contribution in [0.2, 0.25) is 0 Å². The topological polar surface area (TPSA) is 12.0 Å². The fraction of sp³-hybridized carbons (Fsp3) is 1.00. The molecule has 1 fully saturated rings. The summed E-state index contributed by atoms with van der Waals surface area (Å²) in [6, 6.07) is 0. The normalized spacial score (nSPS) is 29.8. The Kier molecular flexibility index (Phi) is 5.70. The van der Waals surface area contributed by atoms with Crippen LogP contribution in [0, 0.1) is 22.7 Å². The molecule has 0 aliphatic heterocycles. The first-order valence-electron chi connectivity index (χ1n) is 8.02. The van der Waals surface area contributed by atoms with Crippen LogP contribution in [0.25, 0.3) is 0 Å². The summed E-state index contributed by atoms with van der Waals surface area (Å²) in [4.78, 5) is 0. The van der Waals surface area contributed by atoms with Gasteiger partial charge in [0, 0.05) is 6.54 Å². The maximum atomic E-state index is 3.68. The molecule has 0 heterocycles. The second kappa shape index (κ2) is 6.41. The van der Waals surface area contributed by atoms with Gasteiger partial charge in [-0.3, -0.25) is 0 Å². The van der Waals surface area contributed by atoms with Crippen LogP contribution in [-0.2, 0) is 0 Å². The van der Waals surface area contributed by atoms with Gasteiger partial charge in [-0.2, -0.15) is 0 Å². The minimum absolute atomic E-state index is 0.500. The summed E-state index contributed by atoms with van der Waals surface area (Å²) in [6.07, 6.45) is 6.94. The maximum absolute atomic E-state index is 3.68. The summed E-state index contributed by atoms with van der Waals surface area (Å²) in [5.41, 5.74) is 1.07. The highest BCUT2D eigenvalue weighted by Gasteiger charge is 2.40. The van der Waals surface area contributed by atoms with E-state index < -0.39 is 0 Å². The fourth-order valence-electron chi connectivity index (χ4n) is 3.53. The zero-order chi connectivity index (χ0) is 13.8. The molecule has 0 atom stereocenters. The highest BCUT2D eigenvalue weighted by molar-refractivity contribution is 4.92. The Labute approximate surface area is 115 Å². The van der Waals surface area contributed by atoms with Crippen molar-refractivity contribution in [2.24, 2.45) is 22.7 Å². The van der Waals surface area contributed by atoms with Crippen molar-refractivity contribution in [3.8, 4) is 0 Å². The van der Waals surface area contributed by atoms with E-state index in [1.165, 1.54) is 45.2 Å². The zero-order valence-electron chi connectivity index (χ0n) is 13.6. The molecule has 0 aromatic rings. The number of hydrogen-bond donors (Lipinski definition) is 1. The van der Waals surface area contributed by atoms with Crippen molar-refractivity contribution in [2.75, 3.05) is 13.1 Å². The van der Waals surface area contributed by atoms with Crippen molar-refractivity contribution < 1.29 is 0 Å². The Morgan fingerprint density at radius 2 is 1.72 bits per heavy atom. The van der Waals surface area contributed by atoms with Crippen LogP contribution in [0.5, 0.6) is 0 Å². The highest BCUT2D eigenvalue weighted by Crippen LogP contribution is 2.48. The molecule has 0 aromatic heterocycles. The van der Waals surface area contributed by atoms with E-state index in [0.717, 1.165) is 11.8 Å². The largest absolute Gasteiger partial charge is 0.316 e. The van der Waals surface area contributed by atoms with E-state index in [2.05, 4.69) is 46.9 Å².